The first-order chi connectivity index (χ1) is 14.7. The fourth-order valence-corrected chi connectivity index (χ4v) is 3.86. The molecule has 0 atom stereocenters. The molecule has 0 radical (unpaired) electrons. The molecule has 2 aromatic carbocycles. The molecule has 8 heteroatoms. The molecule has 2 N–H and O–H groups in total. The van der Waals surface area contributed by atoms with Gasteiger partial charge in [-0.2, -0.15) is 0 Å². The van der Waals surface area contributed by atoms with Crippen molar-refractivity contribution in [1.82, 2.24) is 10.3 Å². The van der Waals surface area contributed by atoms with Crippen molar-refractivity contribution in [1.29, 1.82) is 0 Å². The molecule has 31 heavy (non-hydrogen) atoms. The molecule has 1 aromatic heterocycles. The lowest BCUT2D eigenvalue weighted by molar-refractivity contribution is 0.0977. The molecule has 0 unspecified atom stereocenters. The number of aromatic nitrogens is 1. The molecular formula is C23H25N3O3S2. The van der Waals surface area contributed by atoms with Crippen LogP contribution in [-0.4, -0.2) is 30.2 Å². The first-order valence-corrected chi connectivity index (χ1v) is 10.9. The molecule has 162 valence electrons. The molecular weight excluding hydrogens is 430 g/mol. The smallest absolute Gasteiger partial charge is 0.257 e. The Morgan fingerprint density at radius 2 is 1.77 bits per heavy atom. The lowest BCUT2D eigenvalue weighted by atomic mass is 9.87. The summed E-state index contributed by atoms with van der Waals surface area (Å²) in [6.07, 6.45) is 0. The molecule has 1 amide bonds. The highest BCUT2D eigenvalue weighted by Crippen LogP contribution is 2.34. The van der Waals surface area contributed by atoms with E-state index in [-0.39, 0.29) is 16.4 Å². The van der Waals surface area contributed by atoms with E-state index in [0.29, 0.717) is 22.2 Å². The molecule has 0 bridgehead atoms. The zero-order valence-electron chi connectivity index (χ0n) is 18.1. The van der Waals surface area contributed by atoms with Crippen LogP contribution in [0.3, 0.4) is 0 Å². The second-order valence-corrected chi connectivity index (χ2v) is 9.11. The zero-order valence-corrected chi connectivity index (χ0v) is 19.7. The second-order valence-electron chi connectivity index (χ2n) is 7.84. The predicted octanol–water partition coefficient (Wildman–Crippen LogP) is 5.25. The molecule has 3 rings (SSSR count). The van der Waals surface area contributed by atoms with Crippen molar-refractivity contribution in [3.63, 3.8) is 0 Å². The van der Waals surface area contributed by atoms with Gasteiger partial charge in [0.2, 0.25) is 0 Å². The predicted molar refractivity (Wildman–Crippen MR) is 129 cm³/mol. The largest absolute Gasteiger partial charge is 0.497 e. The number of anilines is 1. The standard InChI is InChI=1S/C23H25N3O3S2/c1-23(2,3)15-8-6-14(7-9-15)20(27)25-21(30)26-22-24-18(13-31-22)17-11-10-16(28-4)12-19(17)29-5/h6-13H,1-5H3,(H2,24,25,26,27,30). The molecule has 0 spiro atoms. The van der Waals surface area contributed by atoms with Crippen LogP contribution in [0.5, 0.6) is 11.5 Å². The fraction of sp³-hybridized carbons (Fsp3) is 0.261. The number of carbonyl (C=O) groups is 1. The Labute approximate surface area is 191 Å². The SMILES string of the molecule is COc1ccc(-c2csc(NC(=S)NC(=O)c3ccc(C(C)(C)C)cc3)n2)c(OC)c1. The van der Waals surface area contributed by atoms with Gasteiger partial charge in [-0.1, -0.05) is 32.9 Å². The average molecular weight is 456 g/mol. The number of nitrogens with one attached hydrogen (secondary N) is 2. The van der Waals surface area contributed by atoms with Crippen LogP contribution >= 0.6 is 23.6 Å². The van der Waals surface area contributed by atoms with Crippen LogP contribution in [0.25, 0.3) is 11.3 Å². The van der Waals surface area contributed by atoms with Crippen LogP contribution in [0.15, 0.2) is 47.8 Å². The Bertz CT molecular complexity index is 1090. The first kappa shape index (κ1) is 22.7. The maximum Gasteiger partial charge on any atom is 0.257 e. The Hall–Kier alpha value is -2.97. The summed E-state index contributed by atoms with van der Waals surface area (Å²) in [6, 6.07) is 13.1. The molecule has 0 aliphatic carbocycles. The van der Waals surface area contributed by atoms with Crippen LogP contribution < -0.4 is 20.1 Å². The van der Waals surface area contributed by atoms with Crippen molar-refractivity contribution in [2.45, 2.75) is 26.2 Å². The third-order valence-electron chi connectivity index (χ3n) is 4.65. The fourth-order valence-electron chi connectivity index (χ4n) is 2.89. The van der Waals surface area contributed by atoms with Crippen LogP contribution in [0.1, 0.15) is 36.7 Å². The van der Waals surface area contributed by atoms with Crippen LogP contribution in [0.2, 0.25) is 0 Å². The van der Waals surface area contributed by atoms with Gasteiger partial charge in [-0.15, -0.1) is 11.3 Å². The van der Waals surface area contributed by atoms with Gasteiger partial charge in [0.1, 0.15) is 11.5 Å². The maximum atomic E-state index is 12.5. The van der Waals surface area contributed by atoms with E-state index in [1.165, 1.54) is 11.3 Å². The Morgan fingerprint density at radius 1 is 1.06 bits per heavy atom. The van der Waals surface area contributed by atoms with Gasteiger partial charge >= 0.3 is 0 Å². The third kappa shape index (κ3) is 5.59. The Kier molecular flexibility index (Phi) is 6.92. The number of thiocarbonyl (C=S) groups is 1. The van der Waals surface area contributed by atoms with Crippen LogP contribution in [-0.2, 0) is 5.41 Å². The zero-order chi connectivity index (χ0) is 22.6. The van der Waals surface area contributed by atoms with Crippen molar-refractivity contribution in [2.75, 3.05) is 19.5 Å². The summed E-state index contributed by atoms with van der Waals surface area (Å²) in [5.74, 6) is 1.09. The minimum atomic E-state index is -0.272. The third-order valence-corrected chi connectivity index (χ3v) is 5.61. The van der Waals surface area contributed by atoms with Gasteiger partial charge < -0.3 is 14.8 Å². The number of hydrogen-bond acceptors (Lipinski definition) is 6. The Balaban J connectivity index is 1.66. The summed E-state index contributed by atoms with van der Waals surface area (Å²) in [5, 5.41) is 8.32. The van der Waals surface area contributed by atoms with Gasteiger partial charge in [-0.3, -0.25) is 10.1 Å². The number of hydrogen-bond donors (Lipinski definition) is 2. The van der Waals surface area contributed by atoms with Crippen LogP contribution in [0.4, 0.5) is 5.13 Å². The van der Waals surface area contributed by atoms with Crippen molar-refractivity contribution in [2.24, 2.45) is 0 Å². The highest BCUT2D eigenvalue weighted by Gasteiger charge is 2.16. The van der Waals surface area contributed by atoms with Crippen molar-refractivity contribution in [3.05, 3.63) is 59.0 Å². The van der Waals surface area contributed by atoms with Gasteiger partial charge in [0.15, 0.2) is 10.2 Å². The van der Waals surface area contributed by atoms with E-state index in [1.54, 1.807) is 32.4 Å². The van der Waals surface area contributed by atoms with E-state index in [4.69, 9.17) is 21.7 Å². The molecule has 0 aliphatic heterocycles. The molecule has 0 saturated heterocycles. The van der Waals surface area contributed by atoms with Crippen LogP contribution in [0, 0.1) is 0 Å². The highest BCUT2D eigenvalue weighted by molar-refractivity contribution is 7.80. The number of ether oxygens (including phenoxy) is 2. The summed E-state index contributed by atoms with van der Waals surface area (Å²) >= 11 is 6.67. The molecule has 0 aliphatic rings. The first-order valence-electron chi connectivity index (χ1n) is 9.62. The van der Waals surface area contributed by atoms with Gasteiger partial charge in [0.25, 0.3) is 5.91 Å². The molecule has 0 saturated carbocycles. The number of benzene rings is 2. The maximum absolute atomic E-state index is 12.5. The number of carbonyl (C=O) groups excluding carboxylic acids is 1. The molecule has 3 aromatic rings. The summed E-state index contributed by atoms with van der Waals surface area (Å²) in [7, 11) is 3.20. The lowest BCUT2D eigenvalue weighted by Gasteiger charge is -2.19. The summed E-state index contributed by atoms with van der Waals surface area (Å²) in [4.78, 5) is 17.0. The Morgan fingerprint density at radius 3 is 2.39 bits per heavy atom. The second kappa shape index (κ2) is 9.45. The number of methoxy groups -OCH3 is 2. The van der Waals surface area contributed by atoms with E-state index in [2.05, 4.69) is 36.4 Å². The summed E-state index contributed by atoms with van der Waals surface area (Å²) < 4.78 is 10.7. The van der Waals surface area contributed by atoms with Crippen molar-refractivity contribution >= 4 is 39.7 Å². The number of amides is 1. The molecule has 0 fully saturated rings. The van der Waals surface area contributed by atoms with Gasteiger partial charge in [0, 0.05) is 22.6 Å². The average Bonchev–Trinajstić information content (AvgIpc) is 3.20. The van der Waals surface area contributed by atoms with E-state index in [0.717, 1.165) is 16.8 Å². The van der Waals surface area contributed by atoms with Gasteiger partial charge in [-0.05, 0) is 47.5 Å². The van der Waals surface area contributed by atoms with E-state index >= 15 is 0 Å². The van der Waals surface area contributed by atoms with E-state index < -0.39 is 0 Å². The van der Waals surface area contributed by atoms with Gasteiger partial charge in [-0.25, -0.2) is 4.98 Å². The minimum absolute atomic E-state index is 0.0287. The normalized spacial score (nSPS) is 11.0. The van der Waals surface area contributed by atoms with Crippen molar-refractivity contribution < 1.29 is 14.3 Å². The van der Waals surface area contributed by atoms with Crippen molar-refractivity contribution in [3.8, 4) is 22.8 Å². The highest BCUT2D eigenvalue weighted by atomic mass is 32.1. The molecule has 1 heterocycles. The minimum Gasteiger partial charge on any atom is -0.497 e. The summed E-state index contributed by atoms with van der Waals surface area (Å²) in [6.45, 7) is 6.39. The van der Waals surface area contributed by atoms with E-state index in [1.807, 2.05) is 29.6 Å². The quantitative estimate of drug-likeness (QED) is 0.512. The lowest BCUT2D eigenvalue weighted by Crippen LogP contribution is -2.34. The monoisotopic (exact) mass is 455 g/mol. The number of thiazole rings is 1. The topological polar surface area (TPSA) is 72.5 Å². The molecule has 6 nitrogen and oxygen atoms in total. The number of nitrogens with zero attached hydrogens (tertiary/aromatic N) is 1. The summed E-state index contributed by atoms with van der Waals surface area (Å²) in [5.41, 5.74) is 3.30. The van der Waals surface area contributed by atoms with E-state index in [9.17, 15) is 4.79 Å². The number of rotatable bonds is 5. The van der Waals surface area contributed by atoms with Gasteiger partial charge in [0.05, 0.1) is 19.9 Å².